The number of hydrogen-bond donors (Lipinski definition) is 1. The Labute approximate surface area is 161 Å². The number of aliphatic hydroxyl groups is 1. The second-order valence-electron chi connectivity index (χ2n) is 7.77. The van der Waals surface area contributed by atoms with Gasteiger partial charge >= 0.3 is 0 Å². The molecule has 0 saturated carbocycles. The lowest BCUT2D eigenvalue weighted by molar-refractivity contribution is -0.124. The van der Waals surface area contributed by atoms with E-state index >= 15 is 0 Å². The largest absolute Gasteiger partial charge is 0.388 e. The summed E-state index contributed by atoms with van der Waals surface area (Å²) in [5, 5.41) is 10.7. The number of likely N-dealkylation sites (tertiary alicyclic amines) is 1. The second-order valence-corrected chi connectivity index (χ2v) is 7.77. The van der Waals surface area contributed by atoms with Crippen molar-refractivity contribution in [3.8, 4) is 0 Å². The number of fused-ring (bicyclic) bond motifs is 1. The molecule has 0 radical (unpaired) electrons. The van der Waals surface area contributed by atoms with Crippen molar-refractivity contribution >= 4 is 11.6 Å². The molecule has 27 heavy (non-hydrogen) atoms. The summed E-state index contributed by atoms with van der Waals surface area (Å²) in [6.45, 7) is 4.52. The Morgan fingerprint density at radius 2 is 1.67 bits per heavy atom. The molecule has 0 aromatic heterocycles. The van der Waals surface area contributed by atoms with Crippen molar-refractivity contribution in [3.05, 3.63) is 65.7 Å². The predicted molar refractivity (Wildman–Crippen MR) is 108 cm³/mol. The first-order valence-electron chi connectivity index (χ1n) is 10.0. The number of piperidine rings is 1. The minimum Gasteiger partial charge on any atom is -0.388 e. The first kappa shape index (κ1) is 18.2. The molecule has 2 aliphatic heterocycles. The quantitative estimate of drug-likeness (QED) is 0.904. The highest BCUT2D eigenvalue weighted by molar-refractivity contribution is 5.98. The Balaban J connectivity index is 1.36. The van der Waals surface area contributed by atoms with Gasteiger partial charge in [-0.3, -0.25) is 9.69 Å². The normalized spacial score (nSPS) is 20.3. The fourth-order valence-electron chi connectivity index (χ4n) is 4.49. The first-order valence-corrected chi connectivity index (χ1v) is 10.0. The zero-order valence-electron chi connectivity index (χ0n) is 15.9. The molecule has 4 heteroatoms. The average Bonchev–Trinajstić information content (AvgIpc) is 3.17. The maximum Gasteiger partial charge on any atom is 0.244 e. The smallest absolute Gasteiger partial charge is 0.244 e. The van der Waals surface area contributed by atoms with E-state index in [-0.39, 0.29) is 17.9 Å². The third-order valence-corrected chi connectivity index (χ3v) is 6.22. The summed E-state index contributed by atoms with van der Waals surface area (Å²) in [5.74, 6) is 0.459. The minimum atomic E-state index is -0.412. The summed E-state index contributed by atoms with van der Waals surface area (Å²) in [6, 6.07) is 18.0. The van der Waals surface area contributed by atoms with E-state index in [2.05, 4.69) is 17.0 Å². The van der Waals surface area contributed by atoms with Gasteiger partial charge in [-0.15, -0.1) is 0 Å². The van der Waals surface area contributed by atoms with Gasteiger partial charge in [0.2, 0.25) is 5.91 Å². The van der Waals surface area contributed by atoms with Gasteiger partial charge in [-0.1, -0.05) is 48.5 Å². The lowest BCUT2D eigenvalue weighted by Gasteiger charge is -2.38. The van der Waals surface area contributed by atoms with Gasteiger partial charge in [0.25, 0.3) is 0 Å². The van der Waals surface area contributed by atoms with E-state index in [9.17, 15) is 9.90 Å². The third-order valence-electron chi connectivity index (χ3n) is 6.22. The molecule has 0 aliphatic carbocycles. The van der Waals surface area contributed by atoms with Crippen molar-refractivity contribution in [1.82, 2.24) is 4.90 Å². The molecule has 1 N–H and O–H groups in total. The molecule has 2 atom stereocenters. The van der Waals surface area contributed by atoms with E-state index in [1.54, 1.807) is 0 Å². The van der Waals surface area contributed by atoms with Crippen LogP contribution in [0.5, 0.6) is 0 Å². The highest BCUT2D eigenvalue weighted by Crippen LogP contribution is 2.32. The van der Waals surface area contributed by atoms with Gasteiger partial charge in [-0.2, -0.15) is 0 Å². The topological polar surface area (TPSA) is 43.8 Å². The van der Waals surface area contributed by atoms with Crippen LogP contribution in [0, 0.1) is 5.92 Å². The molecule has 142 valence electrons. The van der Waals surface area contributed by atoms with E-state index in [1.165, 1.54) is 5.56 Å². The zero-order chi connectivity index (χ0) is 18.8. The highest BCUT2D eigenvalue weighted by atomic mass is 16.3. The average molecular weight is 364 g/mol. The fraction of sp³-hybridized carbons (Fsp3) is 0.435. The molecule has 1 fully saturated rings. The number of benzene rings is 2. The van der Waals surface area contributed by atoms with Crippen LogP contribution in [0.3, 0.4) is 0 Å². The Morgan fingerprint density at radius 1 is 1.00 bits per heavy atom. The van der Waals surface area contributed by atoms with Gasteiger partial charge in [0, 0.05) is 12.2 Å². The summed E-state index contributed by atoms with van der Waals surface area (Å²) in [5.41, 5.74) is 3.33. The first-order chi connectivity index (χ1) is 13.1. The molecular weight excluding hydrogens is 336 g/mol. The van der Waals surface area contributed by atoms with Gasteiger partial charge in [0.05, 0.1) is 12.1 Å². The fourth-order valence-corrected chi connectivity index (χ4v) is 4.49. The van der Waals surface area contributed by atoms with Crippen molar-refractivity contribution in [3.63, 3.8) is 0 Å². The number of carbonyl (C=O) groups is 1. The Morgan fingerprint density at radius 3 is 2.41 bits per heavy atom. The Kier molecular flexibility index (Phi) is 5.28. The minimum absolute atomic E-state index is 0.119. The molecular formula is C23H28N2O2. The Bertz CT molecular complexity index is 784. The molecule has 2 heterocycles. The maximum atomic E-state index is 13.1. The molecule has 4 nitrogen and oxygen atoms in total. The van der Waals surface area contributed by atoms with Crippen LogP contribution in [0.2, 0.25) is 0 Å². The number of amides is 1. The standard InChI is InChI=1S/C23H28N2O2/c1-17(23(27)25-16-13-18-7-5-6-10-21(18)25)24-14-11-20(12-15-24)22(26)19-8-3-2-4-9-19/h2-10,17,20,22,26H,11-16H2,1H3. The van der Waals surface area contributed by atoms with Crippen LogP contribution in [-0.2, 0) is 11.2 Å². The number of para-hydroxylation sites is 1. The van der Waals surface area contributed by atoms with E-state index in [0.717, 1.165) is 50.1 Å². The van der Waals surface area contributed by atoms with Crippen LogP contribution in [0.4, 0.5) is 5.69 Å². The molecule has 2 aliphatic rings. The highest BCUT2D eigenvalue weighted by Gasteiger charge is 2.34. The van der Waals surface area contributed by atoms with Crippen LogP contribution in [0.25, 0.3) is 0 Å². The van der Waals surface area contributed by atoms with Gasteiger partial charge < -0.3 is 10.0 Å². The summed E-state index contributed by atoms with van der Waals surface area (Å²) >= 11 is 0. The van der Waals surface area contributed by atoms with Crippen molar-refractivity contribution in [1.29, 1.82) is 0 Å². The van der Waals surface area contributed by atoms with Gasteiger partial charge in [-0.05, 0) is 62.4 Å². The zero-order valence-corrected chi connectivity index (χ0v) is 15.9. The van der Waals surface area contributed by atoms with Crippen molar-refractivity contribution in [2.45, 2.75) is 38.3 Å². The van der Waals surface area contributed by atoms with Gasteiger partial charge in [0.15, 0.2) is 0 Å². The van der Waals surface area contributed by atoms with Crippen molar-refractivity contribution in [2.75, 3.05) is 24.5 Å². The number of rotatable bonds is 4. The molecule has 2 unspecified atom stereocenters. The predicted octanol–water partition coefficient (Wildman–Crippen LogP) is 3.41. The molecule has 2 aromatic carbocycles. The molecule has 4 rings (SSSR count). The van der Waals surface area contributed by atoms with Crippen molar-refractivity contribution in [2.24, 2.45) is 5.92 Å². The lowest BCUT2D eigenvalue weighted by atomic mass is 9.87. The summed E-state index contributed by atoms with van der Waals surface area (Å²) < 4.78 is 0. The molecule has 0 spiro atoms. The molecule has 0 bridgehead atoms. The number of nitrogens with zero attached hydrogens (tertiary/aromatic N) is 2. The van der Waals surface area contributed by atoms with Crippen LogP contribution >= 0.6 is 0 Å². The van der Waals surface area contributed by atoms with E-state index < -0.39 is 6.10 Å². The van der Waals surface area contributed by atoms with E-state index in [1.807, 2.05) is 54.3 Å². The molecule has 1 saturated heterocycles. The summed E-state index contributed by atoms with van der Waals surface area (Å²) in [6.07, 6.45) is 2.37. The third kappa shape index (κ3) is 3.64. The number of hydrogen-bond acceptors (Lipinski definition) is 3. The Hall–Kier alpha value is -2.17. The SMILES string of the molecule is CC(C(=O)N1CCc2ccccc21)N1CCC(C(O)c2ccccc2)CC1. The van der Waals surface area contributed by atoms with Crippen LogP contribution < -0.4 is 4.90 Å². The monoisotopic (exact) mass is 364 g/mol. The molecule has 1 amide bonds. The van der Waals surface area contributed by atoms with Crippen LogP contribution in [-0.4, -0.2) is 41.6 Å². The number of carbonyl (C=O) groups excluding carboxylic acids is 1. The summed E-state index contributed by atoms with van der Waals surface area (Å²) in [4.78, 5) is 17.3. The lowest BCUT2D eigenvalue weighted by Crippen LogP contribution is -2.49. The summed E-state index contributed by atoms with van der Waals surface area (Å²) in [7, 11) is 0. The number of anilines is 1. The second kappa shape index (κ2) is 7.83. The number of aliphatic hydroxyl groups excluding tert-OH is 1. The molecule has 2 aromatic rings. The van der Waals surface area contributed by atoms with Gasteiger partial charge in [-0.25, -0.2) is 0 Å². The van der Waals surface area contributed by atoms with Gasteiger partial charge in [0.1, 0.15) is 0 Å². The van der Waals surface area contributed by atoms with E-state index in [0.29, 0.717) is 0 Å². The van der Waals surface area contributed by atoms with Crippen LogP contribution in [0.15, 0.2) is 54.6 Å². The van der Waals surface area contributed by atoms with E-state index in [4.69, 9.17) is 0 Å². The maximum absolute atomic E-state index is 13.1. The van der Waals surface area contributed by atoms with Crippen molar-refractivity contribution < 1.29 is 9.90 Å². The van der Waals surface area contributed by atoms with Crippen LogP contribution in [0.1, 0.15) is 37.0 Å².